The van der Waals surface area contributed by atoms with Gasteiger partial charge in [0.2, 0.25) is 0 Å². The Morgan fingerprint density at radius 3 is 2.89 bits per heavy atom. The number of carboxylic acids is 1. The lowest BCUT2D eigenvalue weighted by molar-refractivity contribution is -0.384. The maximum atomic E-state index is 11.2. The average Bonchev–Trinajstić information content (AvgIpc) is 2.37. The third kappa shape index (κ3) is 2.65. The number of nitrogens with zero attached hydrogens (tertiary/aromatic N) is 2. The van der Waals surface area contributed by atoms with Gasteiger partial charge in [-0.1, -0.05) is 6.07 Å². The summed E-state index contributed by atoms with van der Waals surface area (Å²) >= 11 is 0. The number of morpholine rings is 1. The Labute approximate surface area is 109 Å². The van der Waals surface area contributed by atoms with Gasteiger partial charge in [0.25, 0.3) is 0 Å². The number of hydrogen-bond donors (Lipinski definition) is 1. The Kier molecular flexibility index (Phi) is 3.66. The van der Waals surface area contributed by atoms with E-state index in [4.69, 9.17) is 9.84 Å². The first kappa shape index (κ1) is 13.3. The summed E-state index contributed by atoms with van der Waals surface area (Å²) in [7, 11) is 0. The van der Waals surface area contributed by atoms with E-state index in [1.165, 1.54) is 12.1 Å². The molecule has 1 heterocycles. The highest BCUT2D eigenvalue weighted by Gasteiger charge is 2.29. The van der Waals surface area contributed by atoms with Crippen molar-refractivity contribution in [3.63, 3.8) is 0 Å². The topological polar surface area (TPSA) is 92.9 Å². The van der Waals surface area contributed by atoms with Crippen molar-refractivity contribution in [1.82, 2.24) is 0 Å². The van der Waals surface area contributed by atoms with Crippen LogP contribution >= 0.6 is 0 Å². The lowest BCUT2D eigenvalue weighted by atomic mass is 10.1. The van der Waals surface area contributed by atoms with Crippen LogP contribution in [0.3, 0.4) is 0 Å². The molecule has 0 aliphatic carbocycles. The summed E-state index contributed by atoms with van der Waals surface area (Å²) in [6.45, 7) is 3.35. The predicted octanol–water partition coefficient (Wildman–Crippen LogP) is 1.52. The molecule has 19 heavy (non-hydrogen) atoms. The van der Waals surface area contributed by atoms with Crippen LogP contribution in [-0.4, -0.2) is 41.8 Å². The first-order valence-electron chi connectivity index (χ1n) is 5.88. The van der Waals surface area contributed by atoms with Gasteiger partial charge in [-0.2, -0.15) is 0 Å². The number of rotatable bonds is 3. The summed E-state index contributed by atoms with van der Waals surface area (Å²) in [6.07, 6.45) is -0.0400. The van der Waals surface area contributed by atoms with Crippen molar-refractivity contribution in [1.29, 1.82) is 0 Å². The molecule has 0 bridgehead atoms. The summed E-state index contributed by atoms with van der Waals surface area (Å²) in [4.78, 5) is 23.4. The molecule has 1 aromatic rings. The van der Waals surface area contributed by atoms with Crippen LogP contribution < -0.4 is 4.90 Å². The van der Waals surface area contributed by atoms with E-state index < -0.39 is 10.9 Å². The SMILES string of the molecule is CC1CN(c2cccc(C(=O)O)c2[N+](=O)[O-])CCO1. The maximum absolute atomic E-state index is 11.2. The van der Waals surface area contributed by atoms with Crippen molar-refractivity contribution >= 4 is 17.3 Å². The van der Waals surface area contributed by atoms with Crippen LogP contribution in [-0.2, 0) is 4.74 Å². The van der Waals surface area contributed by atoms with E-state index in [0.29, 0.717) is 25.4 Å². The quantitative estimate of drug-likeness (QED) is 0.658. The number of ether oxygens (including phenoxy) is 1. The minimum absolute atomic E-state index is 0.0400. The normalized spacial score (nSPS) is 19.2. The van der Waals surface area contributed by atoms with E-state index >= 15 is 0 Å². The van der Waals surface area contributed by atoms with Crippen LogP contribution in [0.1, 0.15) is 17.3 Å². The third-order valence-electron chi connectivity index (χ3n) is 3.01. The lowest BCUT2D eigenvalue weighted by Crippen LogP contribution is -2.41. The van der Waals surface area contributed by atoms with Crippen molar-refractivity contribution in [2.24, 2.45) is 0 Å². The molecule has 1 aromatic carbocycles. The highest BCUT2D eigenvalue weighted by Crippen LogP contribution is 2.32. The number of carbonyl (C=O) groups is 1. The average molecular weight is 266 g/mol. The molecular formula is C12H14N2O5. The number of nitro groups is 1. The Hall–Kier alpha value is -2.15. The molecule has 7 heteroatoms. The Bertz CT molecular complexity index is 517. The highest BCUT2D eigenvalue weighted by atomic mass is 16.6. The van der Waals surface area contributed by atoms with E-state index in [1.54, 1.807) is 11.0 Å². The van der Waals surface area contributed by atoms with Crippen molar-refractivity contribution in [2.75, 3.05) is 24.6 Å². The molecule has 1 unspecified atom stereocenters. The molecule has 0 radical (unpaired) electrons. The van der Waals surface area contributed by atoms with Gasteiger partial charge in [0.1, 0.15) is 11.3 Å². The van der Waals surface area contributed by atoms with Crippen molar-refractivity contribution in [3.8, 4) is 0 Å². The van der Waals surface area contributed by atoms with Crippen LogP contribution in [0.5, 0.6) is 0 Å². The zero-order chi connectivity index (χ0) is 14.0. The fourth-order valence-corrected chi connectivity index (χ4v) is 2.19. The fourth-order valence-electron chi connectivity index (χ4n) is 2.19. The van der Waals surface area contributed by atoms with Gasteiger partial charge in [-0.15, -0.1) is 0 Å². The molecule has 1 fully saturated rings. The molecule has 1 aliphatic rings. The van der Waals surface area contributed by atoms with Crippen LogP contribution in [0.2, 0.25) is 0 Å². The molecule has 0 saturated carbocycles. The Balaban J connectivity index is 2.47. The number of hydrogen-bond acceptors (Lipinski definition) is 5. The van der Waals surface area contributed by atoms with Gasteiger partial charge in [0.15, 0.2) is 0 Å². The Morgan fingerprint density at radius 2 is 2.32 bits per heavy atom. The largest absolute Gasteiger partial charge is 0.477 e. The Morgan fingerprint density at radius 1 is 1.58 bits per heavy atom. The number of benzene rings is 1. The van der Waals surface area contributed by atoms with Gasteiger partial charge >= 0.3 is 11.7 Å². The van der Waals surface area contributed by atoms with Crippen molar-refractivity contribution in [2.45, 2.75) is 13.0 Å². The van der Waals surface area contributed by atoms with E-state index in [1.807, 2.05) is 6.92 Å². The zero-order valence-corrected chi connectivity index (χ0v) is 10.4. The second-order valence-electron chi connectivity index (χ2n) is 4.36. The zero-order valence-electron chi connectivity index (χ0n) is 10.4. The van der Waals surface area contributed by atoms with Crippen molar-refractivity contribution in [3.05, 3.63) is 33.9 Å². The molecule has 1 saturated heterocycles. The van der Waals surface area contributed by atoms with Crippen LogP contribution in [0.25, 0.3) is 0 Å². The van der Waals surface area contributed by atoms with Gasteiger partial charge in [0.05, 0.1) is 17.6 Å². The van der Waals surface area contributed by atoms with Gasteiger partial charge in [-0.3, -0.25) is 10.1 Å². The third-order valence-corrected chi connectivity index (χ3v) is 3.01. The first-order valence-corrected chi connectivity index (χ1v) is 5.88. The smallest absolute Gasteiger partial charge is 0.342 e. The van der Waals surface area contributed by atoms with Gasteiger partial charge in [0, 0.05) is 13.1 Å². The molecule has 1 atom stereocenters. The number of nitro benzene ring substituents is 1. The predicted molar refractivity (Wildman–Crippen MR) is 67.7 cm³/mol. The monoisotopic (exact) mass is 266 g/mol. The summed E-state index contributed by atoms with van der Waals surface area (Å²) in [5.41, 5.74) is -0.314. The number of carboxylic acid groups (broad SMARTS) is 1. The van der Waals surface area contributed by atoms with Gasteiger partial charge in [-0.05, 0) is 19.1 Å². The molecule has 102 valence electrons. The standard InChI is InChI=1S/C12H14N2O5/c1-8-7-13(5-6-19-8)10-4-2-3-9(12(15)16)11(10)14(17)18/h2-4,8H,5-7H2,1H3,(H,15,16). The van der Waals surface area contributed by atoms with Crippen LogP contribution in [0, 0.1) is 10.1 Å². The second-order valence-corrected chi connectivity index (χ2v) is 4.36. The second kappa shape index (κ2) is 5.23. The lowest BCUT2D eigenvalue weighted by Gasteiger charge is -2.32. The minimum atomic E-state index is -1.30. The molecule has 7 nitrogen and oxygen atoms in total. The van der Waals surface area contributed by atoms with Crippen LogP contribution in [0.4, 0.5) is 11.4 Å². The van der Waals surface area contributed by atoms with Gasteiger partial charge in [-0.25, -0.2) is 4.79 Å². The number of aromatic carboxylic acids is 1. The minimum Gasteiger partial charge on any atom is -0.477 e. The molecule has 1 aliphatic heterocycles. The van der Waals surface area contributed by atoms with Crippen molar-refractivity contribution < 1.29 is 19.6 Å². The van der Waals surface area contributed by atoms with E-state index in [0.717, 1.165) is 0 Å². The number of anilines is 1. The molecule has 1 N–H and O–H groups in total. The maximum Gasteiger partial charge on any atom is 0.342 e. The number of para-hydroxylation sites is 1. The molecule has 0 aromatic heterocycles. The van der Waals surface area contributed by atoms with E-state index in [9.17, 15) is 14.9 Å². The summed E-state index contributed by atoms with van der Waals surface area (Å²) < 4.78 is 5.38. The summed E-state index contributed by atoms with van der Waals surface area (Å²) in [5, 5.41) is 20.2. The first-order chi connectivity index (χ1) is 9.00. The molecular weight excluding hydrogens is 252 g/mol. The van der Waals surface area contributed by atoms with E-state index in [-0.39, 0.29) is 17.4 Å². The highest BCUT2D eigenvalue weighted by molar-refractivity contribution is 5.95. The van der Waals surface area contributed by atoms with E-state index in [2.05, 4.69) is 0 Å². The fraction of sp³-hybridized carbons (Fsp3) is 0.417. The van der Waals surface area contributed by atoms with Gasteiger partial charge < -0.3 is 14.7 Å². The van der Waals surface area contributed by atoms with Crippen LogP contribution in [0.15, 0.2) is 18.2 Å². The molecule has 0 spiro atoms. The molecule has 2 rings (SSSR count). The molecule has 0 amide bonds. The summed E-state index contributed by atoms with van der Waals surface area (Å²) in [5.74, 6) is -1.30. The summed E-state index contributed by atoms with van der Waals surface area (Å²) in [6, 6.07) is 4.34.